The van der Waals surface area contributed by atoms with Crippen molar-refractivity contribution in [2.24, 2.45) is 0 Å². The first-order chi connectivity index (χ1) is 20.4. The van der Waals surface area contributed by atoms with Crippen molar-refractivity contribution in [3.05, 3.63) is 108 Å². The molecule has 5 atom stereocenters. The molecule has 4 rings (SSSR count). The number of esters is 2. The molecule has 3 aromatic rings. The van der Waals surface area contributed by atoms with Crippen LogP contribution in [0.4, 0.5) is 0 Å². The van der Waals surface area contributed by atoms with Crippen LogP contribution in [0.5, 0.6) is 0 Å². The third kappa shape index (κ3) is 8.95. The van der Waals surface area contributed by atoms with E-state index in [-0.39, 0.29) is 26.2 Å². The molecule has 10 heteroatoms. The Kier molecular flexibility index (Phi) is 11.6. The van der Waals surface area contributed by atoms with Crippen molar-refractivity contribution >= 4 is 17.9 Å². The average Bonchev–Trinajstić information content (AvgIpc) is 3.02. The molecular formula is C32H34O10. The number of benzene rings is 3. The lowest BCUT2D eigenvalue weighted by molar-refractivity contribution is -0.308. The predicted molar refractivity (Wildman–Crippen MR) is 149 cm³/mol. The fourth-order valence-electron chi connectivity index (χ4n) is 4.45. The van der Waals surface area contributed by atoms with E-state index in [2.05, 4.69) is 0 Å². The standard InChI is InChI=1S/C32H34O10/c1-37-32-30(41-26(35)18-17-25(33)34)28(39-20-23-13-7-3-8-14-23)27(38-19-22-11-5-2-6-12-22)29(42-32)31(36)40-21-24-15-9-4-10-16-24/h2-16,27-30,32H,17-21H2,1H3,(H,33,34)/t27-,28-,29-,30+,32-/m0/s1. The number of carboxylic acid groups (broad SMARTS) is 1. The number of aliphatic carboxylic acids is 1. The molecule has 0 unspecified atom stereocenters. The van der Waals surface area contributed by atoms with Gasteiger partial charge in [-0.2, -0.15) is 0 Å². The highest BCUT2D eigenvalue weighted by Crippen LogP contribution is 2.31. The summed E-state index contributed by atoms with van der Waals surface area (Å²) in [4.78, 5) is 37.2. The molecule has 1 saturated heterocycles. The fourth-order valence-corrected chi connectivity index (χ4v) is 4.45. The van der Waals surface area contributed by atoms with Gasteiger partial charge in [-0.1, -0.05) is 91.0 Å². The first-order valence-corrected chi connectivity index (χ1v) is 13.6. The van der Waals surface area contributed by atoms with Gasteiger partial charge in [-0.25, -0.2) is 4.79 Å². The Morgan fingerprint density at radius 2 is 1.19 bits per heavy atom. The SMILES string of the molecule is CO[C@H]1O[C@H](C(=O)OCc2ccccc2)[C@@H](OCc2ccccc2)[C@H](OCc2ccccc2)[C@H]1OC(=O)CCC(=O)O. The summed E-state index contributed by atoms with van der Waals surface area (Å²) in [6, 6.07) is 27.8. The predicted octanol–water partition coefficient (Wildman–Crippen LogP) is 4.05. The van der Waals surface area contributed by atoms with Crippen LogP contribution in [0.15, 0.2) is 91.0 Å². The molecule has 0 bridgehead atoms. The minimum Gasteiger partial charge on any atom is -0.481 e. The van der Waals surface area contributed by atoms with Gasteiger partial charge in [-0.15, -0.1) is 0 Å². The molecule has 0 radical (unpaired) electrons. The first kappa shape index (κ1) is 30.9. The molecule has 1 N–H and O–H groups in total. The largest absolute Gasteiger partial charge is 0.481 e. The van der Waals surface area contributed by atoms with Crippen molar-refractivity contribution in [2.75, 3.05) is 7.11 Å². The zero-order valence-electron chi connectivity index (χ0n) is 23.2. The third-order valence-corrected chi connectivity index (χ3v) is 6.56. The van der Waals surface area contributed by atoms with Crippen LogP contribution in [-0.4, -0.2) is 60.8 Å². The molecule has 0 aliphatic carbocycles. The zero-order chi connectivity index (χ0) is 29.7. The van der Waals surface area contributed by atoms with Crippen molar-refractivity contribution in [3.63, 3.8) is 0 Å². The summed E-state index contributed by atoms with van der Waals surface area (Å²) in [5.74, 6) is -2.63. The molecule has 42 heavy (non-hydrogen) atoms. The maximum Gasteiger partial charge on any atom is 0.338 e. The summed E-state index contributed by atoms with van der Waals surface area (Å²) >= 11 is 0. The number of hydrogen-bond donors (Lipinski definition) is 1. The van der Waals surface area contributed by atoms with E-state index in [0.29, 0.717) is 0 Å². The Morgan fingerprint density at radius 1 is 0.690 bits per heavy atom. The molecule has 1 aliphatic heterocycles. The number of carboxylic acids is 1. The molecule has 0 amide bonds. The molecule has 1 aliphatic rings. The number of methoxy groups -OCH3 is 1. The molecular weight excluding hydrogens is 544 g/mol. The Labute approximate surface area is 244 Å². The van der Waals surface area contributed by atoms with Gasteiger partial charge < -0.3 is 33.5 Å². The van der Waals surface area contributed by atoms with Gasteiger partial charge in [-0.3, -0.25) is 9.59 Å². The van der Waals surface area contributed by atoms with Crippen molar-refractivity contribution in [2.45, 2.75) is 63.4 Å². The molecule has 222 valence electrons. The molecule has 10 nitrogen and oxygen atoms in total. The van der Waals surface area contributed by atoms with Crippen LogP contribution < -0.4 is 0 Å². The second kappa shape index (κ2) is 15.8. The Bertz CT molecular complexity index is 1270. The van der Waals surface area contributed by atoms with E-state index in [9.17, 15) is 14.4 Å². The van der Waals surface area contributed by atoms with Crippen LogP contribution in [0.2, 0.25) is 0 Å². The van der Waals surface area contributed by atoms with Gasteiger partial charge in [-0.05, 0) is 16.7 Å². The summed E-state index contributed by atoms with van der Waals surface area (Å²) in [5.41, 5.74) is 2.45. The number of carbonyl (C=O) groups excluding carboxylic acids is 2. The van der Waals surface area contributed by atoms with Crippen LogP contribution in [0.1, 0.15) is 29.5 Å². The van der Waals surface area contributed by atoms with E-state index in [1.165, 1.54) is 7.11 Å². The number of ether oxygens (including phenoxy) is 6. The van der Waals surface area contributed by atoms with E-state index < -0.39 is 55.0 Å². The van der Waals surface area contributed by atoms with Crippen LogP contribution in [-0.2, 0) is 62.6 Å². The minimum atomic E-state index is -1.29. The number of hydrogen-bond acceptors (Lipinski definition) is 9. The van der Waals surface area contributed by atoms with Crippen molar-refractivity contribution in [1.29, 1.82) is 0 Å². The van der Waals surface area contributed by atoms with Gasteiger partial charge in [0.15, 0.2) is 18.5 Å². The van der Waals surface area contributed by atoms with Gasteiger partial charge in [0.25, 0.3) is 0 Å². The lowest BCUT2D eigenvalue weighted by atomic mass is 9.97. The van der Waals surface area contributed by atoms with Crippen molar-refractivity contribution < 1.29 is 47.9 Å². The Morgan fingerprint density at radius 3 is 1.69 bits per heavy atom. The fraction of sp³-hybridized carbons (Fsp3) is 0.344. The monoisotopic (exact) mass is 578 g/mol. The molecule has 3 aromatic carbocycles. The van der Waals surface area contributed by atoms with Crippen molar-refractivity contribution in [1.82, 2.24) is 0 Å². The molecule has 0 aromatic heterocycles. The second-order valence-corrected chi connectivity index (χ2v) is 9.62. The highest BCUT2D eigenvalue weighted by atomic mass is 16.7. The number of carbonyl (C=O) groups is 3. The maximum atomic E-state index is 13.5. The van der Waals surface area contributed by atoms with Gasteiger partial charge >= 0.3 is 17.9 Å². The van der Waals surface area contributed by atoms with Gasteiger partial charge in [0.2, 0.25) is 0 Å². The van der Waals surface area contributed by atoms with Gasteiger partial charge in [0.1, 0.15) is 18.8 Å². The normalized spacial score (nSPS) is 21.8. The van der Waals surface area contributed by atoms with E-state index >= 15 is 0 Å². The van der Waals surface area contributed by atoms with E-state index in [1.807, 2.05) is 91.0 Å². The summed E-state index contributed by atoms with van der Waals surface area (Å²) in [5, 5.41) is 9.02. The maximum absolute atomic E-state index is 13.5. The van der Waals surface area contributed by atoms with Crippen LogP contribution in [0.3, 0.4) is 0 Å². The van der Waals surface area contributed by atoms with Crippen LogP contribution in [0.25, 0.3) is 0 Å². The highest BCUT2D eigenvalue weighted by molar-refractivity contribution is 5.77. The quantitative estimate of drug-likeness (QED) is 0.280. The third-order valence-electron chi connectivity index (χ3n) is 6.56. The summed E-state index contributed by atoms with van der Waals surface area (Å²) in [7, 11) is 1.34. The molecule has 1 fully saturated rings. The highest BCUT2D eigenvalue weighted by Gasteiger charge is 2.53. The lowest BCUT2D eigenvalue weighted by Gasteiger charge is -2.44. The molecule has 1 heterocycles. The summed E-state index contributed by atoms with van der Waals surface area (Å²) < 4.78 is 35.4. The summed E-state index contributed by atoms with van der Waals surface area (Å²) in [6.07, 6.45) is -6.62. The van der Waals surface area contributed by atoms with Gasteiger partial charge in [0, 0.05) is 7.11 Å². The lowest BCUT2D eigenvalue weighted by Crippen LogP contribution is -2.63. The number of rotatable bonds is 14. The average molecular weight is 579 g/mol. The van der Waals surface area contributed by atoms with Crippen LogP contribution >= 0.6 is 0 Å². The second-order valence-electron chi connectivity index (χ2n) is 9.62. The zero-order valence-corrected chi connectivity index (χ0v) is 23.2. The molecule has 0 saturated carbocycles. The summed E-state index contributed by atoms with van der Waals surface area (Å²) in [6.45, 7) is 0.202. The first-order valence-electron chi connectivity index (χ1n) is 13.6. The van der Waals surface area contributed by atoms with E-state index in [1.54, 1.807) is 0 Å². The Hall–Kier alpha value is -4.09. The van der Waals surface area contributed by atoms with E-state index in [4.69, 9.17) is 33.5 Å². The van der Waals surface area contributed by atoms with Crippen molar-refractivity contribution in [3.8, 4) is 0 Å². The topological polar surface area (TPSA) is 127 Å². The van der Waals surface area contributed by atoms with Gasteiger partial charge in [0.05, 0.1) is 26.1 Å². The van der Waals surface area contributed by atoms with E-state index in [0.717, 1.165) is 16.7 Å². The smallest absolute Gasteiger partial charge is 0.338 e. The van der Waals surface area contributed by atoms with Crippen LogP contribution in [0, 0.1) is 0 Å². The minimum absolute atomic E-state index is 0.00568. The molecule has 0 spiro atoms. The Balaban J connectivity index is 1.62.